The molecule has 3 nitrogen and oxygen atoms in total. The number of carbonyl (C=O) groups excluding carboxylic acids is 1. The average Bonchev–Trinajstić information content (AvgIpc) is 3.05. The van der Waals surface area contributed by atoms with Crippen molar-refractivity contribution in [2.75, 3.05) is 18.8 Å². The number of rotatable bonds is 9. The Kier molecular flexibility index (Phi) is 7.24. The smallest absolute Gasteiger partial charge is 0.196 e. The molecule has 2 N–H and O–H groups in total. The van der Waals surface area contributed by atoms with E-state index in [1.54, 1.807) is 0 Å². The maximum atomic E-state index is 13.4. The number of nitrogens with zero attached hydrogens (tertiary/aromatic N) is 1. The van der Waals surface area contributed by atoms with Gasteiger partial charge in [-0.2, -0.15) is 0 Å². The zero-order valence-electron chi connectivity index (χ0n) is 17.6. The molecular formula is C25H30N2OS. The molecule has 0 fully saturated rings. The molecule has 0 saturated heterocycles. The predicted octanol–water partition coefficient (Wildman–Crippen LogP) is 6.16. The van der Waals surface area contributed by atoms with Crippen LogP contribution in [-0.4, -0.2) is 23.8 Å². The van der Waals surface area contributed by atoms with Gasteiger partial charge in [-0.05, 0) is 44.0 Å². The van der Waals surface area contributed by atoms with Gasteiger partial charge in [0.05, 0.1) is 10.6 Å². The Hall–Kier alpha value is -2.43. The lowest BCUT2D eigenvalue weighted by atomic mass is 9.97. The molecule has 3 rings (SSSR count). The number of carbonyl (C=O) groups is 1. The van der Waals surface area contributed by atoms with Gasteiger partial charge in [0.2, 0.25) is 0 Å². The van der Waals surface area contributed by atoms with Crippen molar-refractivity contribution in [2.45, 2.75) is 40.2 Å². The summed E-state index contributed by atoms with van der Waals surface area (Å²) >= 11 is 1.53. The van der Waals surface area contributed by atoms with E-state index in [0.717, 1.165) is 54.0 Å². The average molecular weight is 407 g/mol. The summed E-state index contributed by atoms with van der Waals surface area (Å²) in [5.74, 6) is 0.0175. The van der Waals surface area contributed by atoms with E-state index >= 15 is 0 Å². The van der Waals surface area contributed by atoms with Gasteiger partial charge in [-0.1, -0.05) is 74.0 Å². The van der Waals surface area contributed by atoms with Crippen LogP contribution in [0.3, 0.4) is 0 Å². The summed E-state index contributed by atoms with van der Waals surface area (Å²) in [5.41, 5.74) is 11.1. The van der Waals surface area contributed by atoms with Crippen molar-refractivity contribution < 1.29 is 4.79 Å². The molecule has 4 heteroatoms. The second kappa shape index (κ2) is 9.86. The Morgan fingerprint density at radius 3 is 2.17 bits per heavy atom. The molecular weight excluding hydrogens is 376 g/mol. The first kappa shape index (κ1) is 21.3. The molecule has 0 amide bonds. The second-order valence-electron chi connectivity index (χ2n) is 7.49. The summed E-state index contributed by atoms with van der Waals surface area (Å²) < 4.78 is 0. The minimum Gasteiger partial charge on any atom is -0.390 e. The van der Waals surface area contributed by atoms with E-state index in [2.05, 4.69) is 30.9 Å². The van der Waals surface area contributed by atoms with Crippen LogP contribution in [0.4, 0.5) is 5.00 Å². The van der Waals surface area contributed by atoms with Crippen LogP contribution in [0.2, 0.25) is 0 Å². The van der Waals surface area contributed by atoms with E-state index < -0.39 is 0 Å². The fraction of sp³-hybridized carbons (Fsp3) is 0.320. The van der Waals surface area contributed by atoms with Gasteiger partial charge in [-0.3, -0.25) is 9.69 Å². The fourth-order valence-corrected chi connectivity index (χ4v) is 4.76. The lowest BCUT2D eigenvalue weighted by Crippen LogP contribution is -2.26. The van der Waals surface area contributed by atoms with Crippen molar-refractivity contribution in [3.05, 3.63) is 76.9 Å². The molecule has 3 aromatic rings. The normalized spacial score (nSPS) is 11.2. The van der Waals surface area contributed by atoms with Crippen LogP contribution < -0.4 is 5.73 Å². The number of hydrogen-bond acceptors (Lipinski definition) is 4. The molecule has 0 unspecified atom stereocenters. The van der Waals surface area contributed by atoms with Crippen LogP contribution in [0, 0.1) is 6.92 Å². The lowest BCUT2D eigenvalue weighted by Gasteiger charge is -2.22. The lowest BCUT2D eigenvalue weighted by molar-refractivity contribution is 0.103. The van der Waals surface area contributed by atoms with Crippen LogP contribution in [0.1, 0.15) is 53.7 Å². The molecule has 0 aliphatic heterocycles. The highest BCUT2D eigenvalue weighted by molar-refractivity contribution is 7.20. The van der Waals surface area contributed by atoms with Crippen LogP contribution in [-0.2, 0) is 6.54 Å². The largest absolute Gasteiger partial charge is 0.390 e. The van der Waals surface area contributed by atoms with E-state index in [4.69, 9.17) is 5.73 Å². The molecule has 0 bridgehead atoms. The third-order valence-corrected chi connectivity index (χ3v) is 6.18. The maximum Gasteiger partial charge on any atom is 0.196 e. The number of anilines is 1. The summed E-state index contributed by atoms with van der Waals surface area (Å²) in [6.07, 6.45) is 2.17. The molecule has 152 valence electrons. The maximum absolute atomic E-state index is 13.4. The molecule has 0 aliphatic carbocycles. The quantitative estimate of drug-likeness (QED) is 0.433. The van der Waals surface area contributed by atoms with Gasteiger partial charge in [0, 0.05) is 17.0 Å². The molecule has 0 radical (unpaired) electrons. The van der Waals surface area contributed by atoms with Gasteiger partial charge in [-0.25, -0.2) is 0 Å². The molecule has 0 spiro atoms. The number of hydrogen-bond donors (Lipinski definition) is 1. The Bertz CT molecular complexity index is 939. The minimum atomic E-state index is 0.0175. The van der Waals surface area contributed by atoms with Crippen molar-refractivity contribution in [3.8, 4) is 10.4 Å². The van der Waals surface area contributed by atoms with Crippen LogP contribution in [0.5, 0.6) is 0 Å². The highest BCUT2D eigenvalue weighted by Crippen LogP contribution is 2.40. The molecule has 0 aliphatic rings. The molecule has 1 heterocycles. The number of ketones is 1. The highest BCUT2D eigenvalue weighted by Gasteiger charge is 2.25. The summed E-state index contributed by atoms with van der Waals surface area (Å²) in [5, 5.41) is 0.609. The minimum absolute atomic E-state index is 0.0175. The Balaban J connectivity index is 2.10. The molecule has 2 aromatic carbocycles. The monoisotopic (exact) mass is 406 g/mol. The van der Waals surface area contributed by atoms with Gasteiger partial charge >= 0.3 is 0 Å². The van der Waals surface area contributed by atoms with Gasteiger partial charge in [0.25, 0.3) is 0 Å². The van der Waals surface area contributed by atoms with Gasteiger partial charge in [-0.15, -0.1) is 11.3 Å². The number of benzene rings is 2. The summed E-state index contributed by atoms with van der Waals surface area (Å²) in [7, 11) is 0. The predicted molar refractivity (Wildman–Crippen MR) is 125 cm³/mol. The first-order valence-corrected chi connectivity index (χ1v) is 11.2. The van der Waals surface area contributed by atoms with E-state index in [1.165, 1.54) is 11.3 Å². The van der Waals surface area contributed by atoms with Crippen molar-refractivity contribution in [2.24, 2.45) is 0 Å². The molecule has 0 saturated carbocycles. The van der Waals surface area contributed by atoms with Crippen molar-refractivity contribution in [3.63, 3.8) is 0 Å². The summed E-state index contributed by atoms with van der Waals surface area (Å²) in [6.45, 7) is 9.18. The Morgan fingerprint density at radius 2 is 1.59 bits per heavy atom. The number of nitrogens with two attached hydrogens (primary N) is 1. The van der Waals surface area contributed by atoms with Crippen LogP contribution in [0.15, 0.2) is 54.6 Å². The first-order valence-electron chi connectivity index (χ1n) is 10.3. The van der Waals surface area contributed by atoms with Crippen LogP contribution in [0.25, 0.3) is 10.4 Å². The highest BCUT2D eigenvalue weighted by atomic mass is 32.1. The Morgan fingerprint density at radius 1 is 0.966 bits per heavy atom. The standard InChI is InChI=1S/C25H30N2OS/c1-4-15-27(16-5-2)17-21-22(23(28)19-13-11-18(3)12-14-19)25(26)29-24(21)20-9-7-6-8-10-20/h6-14H,4-5,15-17,26H2,1-3H3. The molecule has 0 atom stereocenters. The first-order chi connectivity index (χ1) is 14.0. The second-order valence-corrected chi connectivity index (χ2v) is 8.54. The zero-order chi connectivity index (χ0) is 20.8. The van der Waals surface area contributed by atoms with Gasteiger partial charge in [0.1, 0.15) is 0 Å². The van der Waals surface area contributed by atoms with Crippen molar-refractivity contribution in [1.29, 1.82) is 0 Å². The third kappa shape index (κ3) is 4.95. The van der Waals surface area contributed by atoms with E-state index in [1.807, 2.05) is 49.4 Å². The summed E-state index contributed by atoms with van der Waals surface area (Å²) in [6, 6.07) is 18.0. The van der Waals surface area contributed by atoms with Crippen LogP contribution >= 0.6 is 11.3 Å². The number of nitrogen functional groups attached to an aromatic ring is 1. The van der Waals surface area contributed by atoms with E-state index in [-0.39, 0.29) is 5.78 Å². The Labute approximate surface area is 178 Å². The fourth-order valence-electron chi connectivity index (χ4n) is 3.68. The zero-order valence-corrected chi connectivity index (χ0v) is 18.4. The topological polar surface area (TPSA) is 46.3 Å². The van der Waals surface area contributed by atoms with Gasteiger partial charge < -0.3 is 5.73 Å². The van der Waals surface area contributed by atoms with Gasteiger partial charge in [0.15, 0.2) is 5.78 Å². The summed E-state index contributed by atoms with van der Waals surface area (Å²) in [4.78, 5) is 17.0. The van der Waals surface area contributed by atoms with Crippen molar-refractivity contribution in [1.82, 2.24) is 4.90 Å². The number of aryl methyl sites for hydroxylation is 1. The number of thiophene rings is 1. The van der Waals surface area contributed by atoms with Crippen molar-refractivity contribution >= 4 is 22.1 Å². The SMILES string of the molecule is CCCN(CCC)Cc1c(-c2ccccc2)sc(N)c1C(=O)c1ccc(C)cc1. The molecule has 29 heavy (non-hydrogen) atoms. The van der Waals surface area contributed by atoms with E-state index in [9.17, 15) is 4.79 Å². The molecule has 1 aromatic heterocycles. The van der Waals surface area contributed by atoms with E-state index in [0.29, 0.717) is 16.1 Å². The third-order valence-electron chi connectivity index (χ3n) is 5.07.